The molecule has 0 N–H and O–H groups in total. The van der Waals surface area contributed by atoms with Crippen LogP contribution in [0.15, 0.2) is 48.5 Å². The van der Waals surface area contributed by atoms with Crippen molar-refractivity contribution in [3.05, 3.63) is 70.8 Å². The van der Waals surface area contributed by atoms with Crippen LogP contribution in [0.5, 0.6) is 0 Å². The van der Waals surface area contributed by atoms with E-state index in [4.69, 9.17) is 25.4 Å². The Bertz CT molecular complexity index is 988. The molecule has 0 radical (unpaired) electrons. The number of ether oxygens (including phenoxy) is 4. The highest BCUT2D eigenvalue weighted by molar-refractivity contribution is 5.90. The Morgan fingerprint density at radius 2 is 1.57 bits per heavy atom. The van der Waals surface area contributed by atoms with Crippen molar-refractivity contribution in [1.82, 2.24) is 0 Å². The Morgan fingerprint density at radius 1 is 1.00 bits per heavy atom. The molecule has 2 heterocycles. The zero-order chi connectivity index (χ0) is 21.3. The maximum Gasteiger partial charge on any atom is 0.338 e. The molecule has 4 rings (SSSR count). The SMILES string of the molecule is C#C[C@]12O[C@H]1O[C@H](CCOC(=O)c1ccc(C)cc1)[C@H]2OC(=O)c1ccc(C)cc1. The average Bonchev–Trinajstić information content (AvgIpc) is 3.38. The predicted octanol–water partition coefficient (Wildman–Crippen LogP) is 3.20. The summed E-state index contributed by atoms with van der Waals surface area (Å²) in [7, 11) is 0. The molecule has 6 heteroatoms. The fourth-order valence-corrected chi connectivity index (χ4v) is 3.46. The van der Waals surface area contributed by atoms with Crippen LogP contribution in [0.2, 0.25) is 0 Å². The molecule has 0 spiro atoms. The molecule has 0 saturated carbocycles. The normalized spacial score (nSPS) is 26.4. The zero-order valence-corrected chi connectivity index (χ0v) is 16.8. The highest BCUT2D eigenvalue weighted by atomic mass is 16.8. The first-order valence-corrected chi connectivity index (χ1v) is 9.75. The minimum atomic E-state index is -1.08. The van der Waals surface area contributed by atoms with Crippen molar-refractivity contribution in [2.75, 3.05) is 6.61 Å². The lowest BCUT2D eigenvalue weighted by molar-refractivity contribution is -0.0893. The quantitative estimate of drug-likeness (QED) is 0.417. The van der Waals surface area contributed by atoms with Gasteiger partial charge >= 0.3 is 11.9 Å². The maximum atomic E-state index is 12.6. The molecule has 2 aliphatic rings. The number of terminal acetylenes is 1. The third kappa shape index (κ3) is 3.82. The Balaban J connectivity index is 1.38. The third-order valence-electron chi connectivity index (χ3n) is 5.32. The summed E-state index contributed by atoms with van der Waals surface area (Å²) in [5.41, 5.74) is 1.91. The van der Waals surface area contributed by atoms with Gasteiger partial charge in [0.25, 0.3) is 0 Å². The molecule has 2 aromatic carbocycles. The van der Waals surface area contributed by atoms with E-state index in [0.29, 0.717) is 17.5 Å². The molecule has 2 aromatic rings. The van der Waals surface area contributed by atoms with Crippen LogP contribution in [0.4, 0.5) is 0 Å². The van der Waals surface area contributed by atoms with E-state index in [2.05, 4.69) is 5.92 Å². The van der Waals surface area contributed by atoms with Gasteiger partial charge in [0.05, 0.1) is 17.7 Å². The van der Waals surface area contributed by atoms with Gasteiger partial charge in [-0.3, -0.25) is 0 Å². The monoisotopic (exact) mass is 406 g/mol. The van der Waals surface area contributed by atoms with Crippen molar-refractivity contribution >= 4 is 11.9 Å². The van der Waals surface area contributed by atoms with Crippen molar-refractivity contribution in [3.63, 3.8) is 0 Å². The van der Waals surface area contributed by atoms with E-state index in [0.717, 1.165) is 11.1 Å². The molecule has 0 aromatic heterocycles. The van der Waals surface area contributed by atoms with Crippen LogP contribution in [0.1, 0.15) is 38.3 Å². The lowest BCUT2D eigenvalue weighted by atomic mass is 9.99. The summed E-state index contributed by atoms with van der Waals surface area (Å²) in [5, 5.41) is 0. The second kappa shape index (κ2) is 7.94. The lowest BCUT2D eigenvalue weighted by Gasteiger charge is -2.23. The van der Waals surface area contributed by atoms with Crippen LogP contribution in [0.3, 0.4) is 0 Å². The third-order valence-corrected chi connectivity index (χ3v) is 5.32. The largest absolute Gasteiger partial charge is 0.462 e. The summed E-state index contributed by atoms with van der Waals surface area (Å²) in [5.74, 6) is 1.63. The Hall–Kier alpha value is -3.14. The van der Waals surface area contributed by atoms with Crippen LogP contribution in [0, 0.1) is 26.2 Å². The van der Waals surface area contributed by atoms with Crippen molar-refractivity contribution in [3.8, 4) is 12.3 Å². The van der Waals surface area contributed by atoms with E-state index in [-0.39, 0.29) is 6.61 Å². The van der Waals surface area contributed by atoms with E-state index < -0.39 is 36.0 Å². The topological polar surface area (TPSA) is 74.4 Å². The lowest BCUT2D eigenvalue weighted by Crippen LogP contribution is -2.40. The number of aryl methyl sites for hydroxylation is 2. The van der Waals surface area contributed by atoms with Crippen molar-refractivity contribution in [2.45, 2.75) is 44.4 Å². The fraction of sp³-hybridized carbons (Fsp3) is 0.333. The minimum Gasteiger partial charge on any atom is -0.462 e. The molecule has 6 nitrogen and oxygen atoms in total. The summed E-state index contributed by atoms with van der Waals surface area (Å²) in [6.45, 7) is 3.98. The molecular weight excluding hydrogens is 384 g/mol. The zero-order valence-electron chi connectivity index (χ0n) is 16.8. The number of carbonyl (C=O) groups is 2. The second-order valence-electron chi connectivity index (χ2n) is 7.54. The molecule has 0 amide bonds. The second-order valence-corrected chi connectivity index (χ2v) is 7.54. The van der Waals surface area contributed by atoms with E-state index in [1.807, 2.05) is 38.1 Å². The number of epoxide rings is 1. The van der Waals surface area contributed by atoms with E-state index in [1.165, 1.54) is 0 Å². The first-order chi connectivity index (χ1) is 14.4. The average molecular weight is 406 g/mol. The van der Waals surface area contributed by atoms with Crippen molar-refractivity contribution in [1.29, 1.82) is 0 Å². The number of esters is 2. The number of hydrogen-bond acceptors (Lipinski definition) is 6. The Kier molecular flexibility index (Phi) is 5.33. The van der Waals surface area contributed by atoms with Gasteiger partial charge in [-0.1, -0.05) is 41.3 Å². The van der Waals surface area contributed by atoms with Gasteiger partial charge in [-0.15, -0.1) is 6.42 Å². The van der Waals surface area contributed by atoms with Gasteiger partial charge in [-0.05, 0) is 38.1 Å². The van der Waals surface area contributed by atoms with Gasteiger partial charge in [0.1, 0.15) is 6.10 Å². The van der Waals surface area contributed by atoms with E-state index in [1.54, 1.807) is 24.3 Å². The van der Waals surface area contributed by atoms with Crippen LogP contribution >= 0.6 is 0 Å². The molecule has 0 bridgehead atoms. The molecular formula is C24H22O6. The standard InChI is InChI=1S/C24H22O6/c1-4-24-20(29-22(26)18-11-7-16(3)8-12-18)19(28-23(24)30-24)13-14-27-21(25)17-9-5-15(2)6-10-17/h1,5-12,19-20,23H,13-14H2,2-3H3/t19-,20-,23-,24-/m1/s1. The summed E-state index contributed by atoms with van der Waals surface area (Å²) < 4.78 is 22.2. The molecule has 4 atom stereocenters. The first kappa shape index (κ1) is 20.1. The fourth-order valence-electron chi connectivity index (χ4n) is 3.46. The highest BCUT2D eigenvalue weighted by Gasteiger charge is 2.72. The van der Waals surface area contributed by atoms with Gasteiger partial charge in [0.2, 0.25) is 11.9 Å². The van der Waals surface area contributed by atoms with Crippen molar-refractivity contribution < 1.29 is 28.5 Å². The van der Waals surface area contributed by atoms with Crippen LogP contribution in [0.25, 0.3) is 0 Å². The van der Waals surface area contributed by atoms with Crippen LogP contribution in [-0.4, -0.2) is 42.6 Å². The molecule has 2 fully saturated rings. The molecule has 0 unspecified atom stereocenters. The van der Waals surface area contributed by atoms with E-state index in [9.17, 15) is 9.59 Å². The molecule has 0 aliphatic carbocycles. The highest BCUT2D eigenvalue weighted by Crippen LogP contribution is 2.50. The Labute approximate surface area is 175 Å². The van der Waals surface area contributed by atoms with E-state index >= 15 is 0 Å². The smallest absolute Gasteiger partial charge is 0.338 e. The summed E-state index contributed by atoms with van der Waals surface area (Å²) in [6.07, 6.45) is 4.04. The van der Waals surface area contributed by atoms with Crippen molar-refractivity contribution in [2.24, 2.45) is 0 Å². The number of rotatable bonds is 6. The maximum absolute atomic E-state index is 12.6. The number of benzene rings is 2. The predicted molar refractivity (Wildman–Crippen MR) is 108 cm³/mol. The summed E-state index contributed by atoms with van der Waals surface area (Å²) in [4.78, 5) is 24.8. The van der Waals surface area contributed by atoms with Gasteiger partial charge < -0.3 is 18.9 Å². The van der Waals surface area contributed by atoms with Gasteiger partial charge in [-0.25, -0.2) is 9.59 Å². The van der Waals surface area contributed by atoms with Gasteiger partial charge in [-0.2, -0.15) is 0 Å². The number of carbonyl (C=O) groups excluding carboxylic acids is 2. The molecule has 154 valence electrons. The summed E-state index contributed by atoms with van der Waals surface area (Å²) in [6, 6.07) is 14.2. The van der Waals surface area contributed by atoms with Gasteiger partial charge in [0.15, 0.2) is 6.10 Å². The summed E-state index contributed by atoms with van der Waals surface area (Å²) >= 11 is 0. The van der Waals surface area contributed by atoms with Gasteiger partial charge in [0, 0.05) is 6.42 Å². The minimum absolute atomic E-state index is 0.101. The van der Waals surface area contributed by atoms with Crippen LogP contribution in [-0.2, 0) is 18.9 Å². The number of hydrogen-bond donors (Lipinski definition) is 0. The Morgan fingerprint density at radius 3 is 2.13 bits per heavy atom. The van der Waals surface area contributed by atoms with Crippen LogP contribution < -0.4 is 0 Å². The molecule has 2 aliphatic heterocycles. The molecule has 30 heavy (non-hydrogen) atoms. The first-order valence-electron chi connectivity index (χ1n) is 9.75. The number of fused-ring (bicyclic) bond motifs is 1. The molecule has 2 saturated heterocycles.